The van der Waals surface area contributed by atoms with E-state index in [0.717, 1.165) is 32.1 Å². The Morgan fingerprint density at radius 1 is 0.847 bits per heavy atom. The number of allylic oxidation sites excluding steroid dienone is 2. The van der Waals surface area contributed by atoms with Crippen LogP contribution in [0.25, 0.3) is 0 Å². The van der Waals surface area contributed by atoms with E-state index in [9.17, 15) is 19.8 Å². The minimum atomic E-state index is -1.04. The van der Waals surface area contributed by atoms with Gasteiger partial charge in [-0.15, -0.1) is 0 Å². The van der Waals surface area contributed by atoms with Crippen LogP contribution in [0.5, 0.6) is 0 Å². The van der Waals surface area contributed by atoms with Crippen molar-refractivity contribution in [3.8, 4) is 0 Å². The van der Waals surface area contributed by atoms with Gasteiger partial charge in [0.05, 0.1) is 55.0 Å². The predicted molar refractivity (Wildman–Crippen MR) is 216 cm³/mol. The van der Waals surface area contributed by atoms with E-state index in [4.69, 9.17) is 37.9 Å². The average molecular weight is 831 g/mol. The molecule has 6 aliphatic heterocycles. The second-order valence-corrected chi connectivity index (χ2v) is 20.3. The van der Waals surface area contributed by atoms with Crippen LogP contribution in [0, 0.1) is 17.8 Å². The molecule has 14 heteroatoms. The van der Waals surface area contributed by atoms with Crippen LogP contribution in [-0.4, -0.2) is 156 Å². The van der Waals surface area contributed by atoms with Gasteiger partial charge in [-0.05, 0) is 112 Å². The first kappa shape index (κ1) is 43.4. The zero-order chi connectivity index (χ0) is 42.3. The highest BCUT2D eigenvalue weighted by molar-refractivity contribution is 5.69. The summed E-state index contributed by atoms with van der Waals surface area (Å²) < 4.78 is 50.8. The van der Waals surface area contributed by atoms with Crippen molar-refractivity contribution in [3.63, 3.8) is 0 Å². The Kier molecular flexibility index (Phi) is 11.6. The molecule has 332 valence electrons. The third-order valence-corrected chi connectivity index (χ3v) is 15.5. The summed E-state index contributed by atoms with van der Waals surface area (Å²) in [4.78, 5) is 30.3. The maximum atomic E-state index is 14.0. The van der Waals surface area contributed by atoms with Crippen LogP contribution < -0.4 is 0 Å². The van der Waals surface area contributed by atoms with Gasteiger partial charge >= 0.3 is 12.2 Å². The summed E-state index contributed by atoms with van der Waals surface area (Å²) in [6.45, 7) is 16.7. The lowest BCUT2D eigenvalue weighted by Crippen LogP contribution is -2.60. The first-order valence-electron chi connectivity index (χ1n) is 22.2. The molecule has 0 bridgehead atoms. The topological polar surface area (TPSA) is 168 Å². The second-order valence-electron chi connectivity index (χ2n) is 20.3. The lowest BCUT2D eigenvalue weighted by Gasteiger charge is -2.47. The molecule has 14 nitrogen and oxygen atoms in total. The molecule has 2 spiro atoms. The number of methoxy groups -OCH3 is 2. The van der Waals surface area contributed by atoms with Crippen LogP contribution in [0.15, 0.2) is 23.3 Å². The molecule has 8 aliphatic rings. The summed E-state index contributed by atoms with van der Waals surface area (Å²) in [5.74, 6) is -0.244. The van der Waals surface area contributed by atoms with Gasteiger partial charge in [0.2, 0.25) is 0 Å². The van der Waals surface area contributed by atoms with E-state index < -0.39 is 65.1 Å². The lowest BCUT2D eigenvalue weighted by molar-refractivity contribution is -0.141. The number of epoxide rings is 4. The summed E-state index contributed by atoms with van der Waals surface area (Å²) >= 11 is 0. The van der Waals surface area contributed by atoms with E-state index in [1.165, 1.54) is 11.1 Å². The van der Waals surface area contributed by atoms with Gasteiger partial charge in [-0.3, -0.25) is 0 Å². The molecule has 2 N–H and O–H groups in total. The number of β-amino-alcohol motifs (C(OH)–C–C–N with tert-alkyl or cyclic N) is 1. The van der Waals surface area contributed by atoms with E-state index in [1.54, 1.807) is 37.9 Å². The molecule has 8 fully saturated rings. The number of carbonyl (C=O) groups is 2. The average Bonchev–Trinajstić information content (AvgIpc) is 4.15. The zero-order valence-electron chi connectivity index (χ0n) is 36.8. The normalized spacial score (nSPS) is 45.1. The molecule has 0 aromatic rings. The van der Waals surface area contributed by atoms with Crippen molar-refractivity contribution in [2.75, 3.05) is 47.1 Å². The number of aliphatic hydroxyl groups is 2. The first-order valence-corrected chi connectivity index (χ1v) is 22.2. The Hall–Kier alpha value is -2.30. The van der Waals surface area contributed by atoms with Crippen molar-refractivity contribution in [2.45, 2.75) is 183 Å². The molecule has 6 heterocycles. The van der Waals surface area contributed by atoms with E-state index in [-0.39, 0.29) is 48.1 Å². The largest absolute Gasteiger partial charge is 0.443 e. The van der Waals surface area contributed by atoms with Crippen LogP contribution in [0.3, 0.4) is 0 Å². The van der Waals surface area contributed by atoms with Gasteiger partial charge in [-0.2, -0.15) is 0 Å². The molecular formula is C45H70N2O12. The molecule has 15 atom stereocenters. The monoisotopic (exact) mass is 830 g/mol. The van der Waals surface area contributed by atoms with E-state index in [0.29, 0.717) is 52.0 Å². The van der Waals surface area contributed by atoms with Gasteiger partial charge in [0.1, 0.15) is 46.8 Å². The van der Waals surface area contributed by atoms with E-state index in [1.807, 2.05) is 0 Å². The summed E-state index contributed by atoms with van der Waals surface area (Å²) in [5.41, 5.74) is -0.489. The number of hydrogen-bond acceptors (Lipinski definition) is 12. The van der Waals surface area contributed by atoms with Gasteiger partial charge in [-0.1, -0.05) is 23.3 Å². The highest BCUT2D eigenvalue weighted by Gasteiger charge is 2.75. The molecule has 59 heavy (non-hydrogen) atoms. The summed E-state index contributed by atoms with van der Waals surface area (Å²) in [6.07, 6.45) is 7.59. The molecule has 0 aromatic carbocycles. The number of nitrogens with zero attached hydrogens (tertiary/aromatic N) is 2. The van der Waals surface area contributed by atoms with Crippen molar-refractivity contribution in [1.82, 2.24) is 9.80 Å². The van der Waals surface area contributed by atoms with Crippen LogP contribution >= 0.6 is 0 Å². The zero-order valence-corrected chi connectivity index (χ0v) is 36.8. The number of likely N-dealkylation sites (tertiary alicyclic amines) is 2. The Balaban J connectivity index is 0.978. The Bertz CT molecular complexity index is 1650. The van der Waals surface area contributed by atoms with Crippen molar-refractivity contribution in [2.24, 2.45) is 17.8 Å². The third kappa shape index (κ3) is 8.11. The smallest absolute Gasteiger partial charge is 0.410 e. The maximum Gasteiger partial charge on any atom is 0.410 e. The van der Waals surface area contributed by atoms with Gasteiger partial charge in [-0.25, -0.2) is 9.59 Å². The minimum absolute atomic E-state index is 0.00129. The summed E-state index contributed by atoms with van der Waals surface area (Å²) in [6, 6.07) is -0.317. The standard InChI is InChI=1S/C45H70N2O12/c1-26(2)12-14-33-43(7,59-33)38-36(53-9)31(57-40(50)47-19-10-11-32(47)41(4,5)51)22-28(45(38)25-55-45)21-27(3)13-15-34-42(6,58-34)37-35(52-8)30(16-18-44(37)24-54-44)56-39(49)46-20-17-29(48)23-46/h12-13,28-38,48,51H,10-11,14-25H2,1-9H3. The highest BCUT2D eigenvalue weighted by atomic mass is 16.6. The molecule has 2 amide bonds. The molecule has 0 radical (unpaired) electrons. The van der Waals surface area contributed by atoms with E-state index >= 15 is 0 Å². The molecule has 2 saturated carbocycles. The lowest BCUT2D eigenvalue weighted by atomic mass is 9.62. The Morgan fingerprint density at radius 2 is 1.47 bits per heavy atom. The van der Waals surface area contributed by atoms with Crippen molar-refractivity contribution in [3.05, 3.63) is 23.3 Å². The number of hydrogen-bond donors (Lipinski definition) is 2. The SMILES string of the molecule is COC1C(OC(=O)N2CCC(O)C2)CCC2(CO2)C1C1(C)OC1CC=C(C)CC1CC(OC(=O)N2CCCC2C(C)(C)O)C(OC)C(C2(C)OC2CC=C(C)C)C12CO2. The van der Waals surface area contributed by atoms with Gasteiger partial charge in [0, 0.05) is 33.9 Å². The number of ether oxygens (including phenoxy) is 8. The molecule has 2 aliphatic carbocycles. The third-order valence-electron chi connectivity index (χ3n) is 15.5. The summed E-state index contributed by atoms with van der Waals surface area (Å²) in [7, 11) is 3.37. The van der Waals surface area contributed by atoms with Gasteiger partial charge in [0.25, 0.3) is 0 Å². The minimum Gasteiger partial charge on any atom is -0.443 e. The fourth-order valence-corrected chi connectivity index (χ4v) is 12.0. The van der Waals surface area contributed by atoms with E-state index in [2.05, 4.69) is 46.8 Å². The van der Waals surface area contributed by atoms with Gasteiger partial charge in [0.15, 0.2) is 0 Å². The quantitative estimate of drug-likeness (QED) is 0.182. The van der Waals surface area contributed by atoms with Crippen molar-refractivity contribution in [1.29, 1.82) is 0 Å². The fourth-order valence-electron chi connectivity index (χ4n) is 12.0. The fraction of sp³-hybridized carbons (Fsp3) is 0.867. The number of rotatable bonds is 13. The first-order chi connectivity index (χ1) is 27.9. The molecule has 8 rings (SSSR count). The van der Waals surface area contributed by atoms with Gasteiger partial charge < -0.3 is 57.9 Å². The van der Waals surface area contributed by atoms with Crippen molar-refractivity contribution < 1.29 is 57.7 Å². The van der Waals surface area contributed by atoms with Crippen LogP contribution in [-0.2, 0) is 37.9 Å². The molecular weight excluding hydrogens is 760 g/mol. The Morgan fingerprint density at radius 3 is 2.05 bits per heavy atom. The summed E-state index contributed by atoms with van der Waals surface area (Å²) in [5, 5.41) is 20.9. The van der Waals surface area contributed by atoms with Crippen LogP contribution in [0.2, 0.25) is 0 Å². The molecule has 15 unspecified atom stereocenters. The van der Waals surface area contributed by atoms with Crippen LogP contribution in [0.1, 0.15) is 106 Å². The number of amides is 2. The molecule has 6 saturated heterocycles. The van der Waals surface area contributed by atoms with Crippen molar-refractivity contribution >= 4 is 12.2 Å². The number of carbonyl (C=O) groups excluding carboxylic acids is 2. The molecule has 0 aromatic heterocycles. The maximum absolute atomic E-state index is 14.0. The second kappa shape index (κ2) is 15.8. The predicted octanol–water partition coefficient (Wildman–Crippen LogP) is 5.31. The number of aliphatic hydroxyl groups excluding tert-OH is 1. The van der Waals surface area contributed by atoms with Crippen LogP contribution in [0.4, 0.5) is 9.59 Å². The Labute approximate surface area is 350 Å². The highest BCUT2D eigenvalue weighted by Crippen LogP contribution is 2.63.